The number of hydrogen-bond donors (Lipinski definition) is 1. The normalized spacial score (nSPS) is 10.9. The quantitative estimate of drug-likeness (QED) is 0.327. The van der Waals surface area contributed by atoms with Gasteiger partial charge >= 0.3 is 0 Å². The van der Waals surface area contributed by atoms with Crippen LogP contribution in [0.5, 0.6) is 5.75 Å². The molecule has 2 heterocycles. The van der Waals surface area contributed by atoms with Gasteiger partial charge in [-0.2, -0.15) is 0 Å². The molecule has 0 unspecified atom stereocenters. The molecular weight excluding hydrogens is 438 g/mol. The van der Waals surface area contributed by atoms with Crippen molar-refractivity contribution < 1.29 is 13.9 Å². The summed E-state index contributed by atoms with van der Waals surface area (Å²) in [6, 6.07) is 15.5. The molecule has 0 saturated carbocycles. The molecule has 31 heavy (non-hydrogen) atoms. The van der Waals surface area contributed by atoms with Crippen LogP contribution < -0.4 is 15.6 Å². The standard InChI is InChI=1S/C22H18ClN3O4S/c1-29-16-7-5-15(6-8-16)24-20(27)13-31-22-25-19-11-14(23)4-9-18(19)21(28)26(22)12-17-3-2-10-30-17/h2-11H,12-13H2,1H3,(H,24,27). The van der Waals surface area contributed by atoms with Gasteiger partial charge in [-0.15, -0.1) is 0 Å². The average molecular weight is 456 g/mol. The number of furan rings is 1. The summed E-state index contributed by atoms with van der Waals surface area (Å²) in [6.45, 7) is 0.208. The number of aromatic nitrogens is 2. The Balaban J connectivity index is 1.58. The highest BCUT2D eigenvalue weighted by atomic mass is 35.5. The molecule has 1 N–H and O–H groups in total. The maximum absolute atomic E-state index is 13.1. The zero-order valence-electron chi connectivity index (χ0n) is 16.5. The molecule has 0 atom stereocenters. The fourth-order valence-corrected chi connectivity index (χ4v) is 3.95. The van der Waals surface area contributed by atoms with Crippen molar-refractivity contribution in [3.8, 4) is 5.75 Å². The average Bonchev–Trinajstić information content (AvgIpc) is 3.28. The van der Waals surface area contributed by atoms with Crippen LogP contribution in [-0.4, -0.2) is 28.3 Å². The van der Waals surface area contributed by atoms with Crippen LogP contribution in [0.4, 0.5) is 5.69 Å². The number of nitrogens with one attached hydrogen (secondary N) is 1. The Morgan fingerprint density at radius 3 is 2.74 bits per heavy atom. The first kappa shape index (κ1) is 21.0. The first-order valence-corrected chi connectivity index (χ1v) is 10.7. The van der Waals surface area contributed by atoms with E-state index in [9.17, 15) is 9.59 Å². The van der Waals surface area contributed by atoms with Gasteiger partial charge in [0.2, 0.25) is 5.91 Å². The van der Waals surface area contributed by atoms with Crippen molar-refractivity contribution >= 4 is 45.9 Å². The van der Waals surface area contributed by atoms with E-state index < -0.39 is 0 Å². The molecule has 4 aromatic rings. The van der Waals surface area contributed by atoms with Crippen molar-refractivity contribution in [2.24, 2.45) is 0 Å². The first-order chi connectivity index (χ1) is 15.0. The lowest BCUT2D eigenvalue weighted by molar-refractivity contribution is -0.113. The summed E-state index contributed by atoms with van der Waals surface area (Å²) in [5.74, 6) is 1.16. The summed E-state index contributed by atoms with van der Waals surface area (Å²) in [5.41, 5.74) is 0.903. The van der Waals surface area contributed by atoms with Crippen LogP contribution in [-0.2, 0) is 11.3 Å². The van der Waals surface area contributed by atoms with Crippen LogP contribution in [0.2, 0.25) is 5.02 Å². The molecule has 9 heteroatoms. The van der Waals surface area contributed by atoms with E-state index in [2.05, 4.69) is 10.3 Å². The number of fused-ring (bicyclic) bond motifs is 1. The third kappa shape index (κ3) is 4.92. The number of carbonyl (C=O) groups is 1. The SMILES string of the molecule is COc1ccc(NC(=O)CSc2nc3cc(Cl)ccc3c(=O)n2Cc2ccco2)cc1. The number of hydrogen-bond acceptors (Lipinski definition) is 6. The zero-order chi connectivity index (χ0) is 21.8. The number of benzene rings is 2. The minimum absolute atomic E-state index is 0.0721. The van der Waals surface area contributed by atoms with Crippen LogP contribution in [0.1, 0.15) is 5.76 Å². The molecule has 2 aromatic heterocycles. The molecule has 0 aliphatic rings. The van der Waals surface area contributed by atoms with Crippen LogP contribution in [0.25, 0.3) is 10.9 Å². The molecule has 0 spiro atoms. The molecule has 2 aromatic carbocycles. The van der Waals surface area contributed by atoms with Crippen molar-refractivity contribution in [2.75, 3.05) is 18.2 Å². The van der Waals surface area contributed by atoms with Crippen molar-refractivity contribution in [1.82, 2.24) is 9.55 Å². The highest BCUT2D eigenvalue weighted by Crippen LogP contribution is 2.22. The molecule has 4 rings (SSSR count). The second-order valence-corrected chi connectivity index (χ2v) is 7.97. The summed E-state index contributed by atoms with van der Waals surface area (Å²) in [5, 5.41) is 4.15. The summed E-state index contributed by atoms with van der Waals surface area (Å²) >= 11 is 7.24. The molecule has 0 saturated heterocycles. The van der Waals surface area contributed by atoms with Crippen molar-refractivity contribution in [2.45, 2.75) is 11.7 Å². The van der Waals surface area contributed by atoms with Crippen molar-refractivity contribution in [3.63, 3.8) is 0 Å². The number of nitrogens with zero attached hydrogens (tertiary/aromatic N) is 2. The van der Waals surface area contributed by atoms with E-state index in [1.165, 1.54) is 16.3 Å². The number of amides is 1. The topological polar surface area (TPSA) is 86.4 Å². The van der Waals surface area contributed by atoms with Gasteiger partial charge < -0.3 is 14.5 Å². The number of ether oxygens (including phenoxy) is 1. The van der Waals surface area contributed by atoms with Crippen molar-refractivity contribution in [3.05, 3.63) is 82.0 Å². The smallest absolute Gasteiger partial charge is 0.262 e. The highest BCUT2D eigenvalue weighted by Gasteiger charge is 2.15. The second-order valence-electron chi connectivity index (χ2n) is 6.59. The Labute approximate surface area is 187 Å². The third-order valence-electron chi connectivity index (χ3n) is 4.48. The van der Waals surface area contributed by atoms with E-state index in [1.54, 1.807) is 68.0 Å². The lowest BCUT2D eigenvalue weighted by Gasteiger charge is -2.12. The van der Waals surface area contributed by atoms with E-state index >= 15 is 0 Å². The number of methoxy groups -OCH3 is 1. The predicted molar refractivity (Wildman–Crippen MR) is 121 cm³/mol. The van der Waals surface area contributed by atoms with Crippen LogP contribution in [0.15, 0.2) is 75.2 Å². The van der Waals surface area contributed by atoms with E-state index in [4.69, 9.17) is 20.8 Å². The van der Waals surface area contributed by atoms with Gasteiger partial charge in [0.05, 0.1) is 36.6 Å². The zero-order valence-corrected chi connectivity index (χ0v) is 18.1. The van der Waals surface area contributed by atoms with Gasteiger partial charge in [0.15, 0.2) is 5.16 Å². The Morgan fingerprint density at radius 1 is 1.23 bits per heavy atom. The molecule has 0 aliphatic carbocycles. The van der Waals surface area contributed by atoms with Gasteiger partial charge in [-0.25, -0.2) is 4.98 Å². The Hall–Kier alpha value is -3.23. The van der Waals surface area contributed by atoms with Crippen LogP contribution in [0.3, 0.4) is 0 Å². The summed E-state index contributed by atoms with van der Waals surface area (Å²) in [7, 11) is 1.58. The summed E-state index contributed by atoms with van der Waals surface area (Å²) < 4.78 is 12.0. The molecule has 0 radical (unpaired) electrons. The molecule has 0 bridgehead atoms. The molecule has 0 fully saturated rings. The minimum atomic E-state index is -0.226. The number of thioether (sulfide) groups is 1. The summed E-state index contributed by atoms with van der Waals surface area (Å²) in [6.07, 6.45) is 1.55. The van der Waals surface area contributed by atoms with E-state index in [1.807, 2.05) is 0 Å². The van der Waals surface area contributed by atoms with E-state index in [0.717, 1.165) is 0 Å². The number of halogens is 1. The molecular formula is C22H18ClN3O4S. The lowest BCUT2D eigenvalue weighted by Crippen LogP contribution is -2.24. The molecule has 0 aliphatic heterocycles. The van der Waals surface area contributed by atoms with Gasteiger partial charge in [0, 0.05) is 10.7 Å². The van der Waals surface area contributed by atoms with Crippen molar-refractivity contribution in [1.29, 1.82) is 0 Å². The second kappa shape index (κ2) is 9.28. The molecule has 158 valence electrons. The lowest BCUT2D eigenvalue weighted by atomic mass is 10.2. The number of rotatable bonds is 7. The number of anilines is 1. The molecule has 1 amide bonds. The first-order valence-electron chi connectivity index (χ1n) is 9.32. The highest BCUT2D eigenvalue weighted by molar-refractivity contribution is 7.99. The number of carbonyl (C=O) groups excluding carboxylic acids is 1. The van der Waals surface area contributed by atoms with Crippen LogP contribution >= 0.6 is 23.4 Å². The molecule has 7 nitrogen and oxygen atoms in total. The van der Waals surface area contributed by atoms with Crippen LogP contribution in [0, 0.1) is 0 Å². The fraction of sp³-hybridized carbons (Fsp3) is 0.136. The van der Waals surface area contributed by atoms with E-state index in [-0.39, 0.29) is 23.8 Å². The monoisotopic (exact) mass is 455 g/mol. The van der Waals surface area contributed by atoms with Gasteiger partial charge in [-0.3, -0.25) is 14.2 Å². The largest absolute Gasteiger partial charge is 0.497 e. The van der Waals surface area contributed by atoms with Gasteiger partial charge in [0.1, 0.15) is 11.5 Å². The third-order valence-corrected chi connectivity index (χ3v) is 5.69. The Kier molecular flexibility index (Phi) is 6.29. The minimum Gasteiger partial charge on any atom is -0.497 e. The van der Waals surface area contributed by atoms with Gasteiger partial charge in [0.25, 0.3) is 5.56 Å². The fourth-order valence-electron chi connectivity index (χ4n) is 2.98. The maximum atomic E-state index is 13.1. The maximum Gasteiger partial charge on any atom is 0.262 e. The Bertz CT molecular complexity index is 1270. The predicted octanol–water partition coefficient (Wildman–Crippen LogP) is 4.43. The van der Waals surface area contributed by atoms with Gasteiger partial charge in [-0.05, 0) is 54.6 Å². The Morgan fingerprint density at radius 2 is 2.03 bits per heavy atom. The van der Waals surface area contributed by atoms with E-state index in [0.29, 0.717) is 38.3 Å². The van der Waals surface area contributed by atoms with Gasteiger partial charge in [-0.1, -0.05) is 23.4 Å². The summed E-state index contributed by atoms with van der Waals surface area (Å²) in [4.78, 5) is 30.1.